The molecule has 0 amide bonds. The van der Waals surface area contributed by atoms with Crippen LogP contribution in [0.4, 0.5) is 0 Å². The van der Waals surface area contributed by atoms with Gasteiger partial charge in [-0.15, -0.1) is 0 Å². The van der Waals surface area contributed by atoms with Crippen molar-refractivity contribution in [2.75, 3.05) is 13.6 Å². The normalized spacial score (nSPS) is 27.2. The van der Waals surface area contributed by atoms with Crippen molar-refractivity contribution in [3.63, 3.8) is 0 Å². The Morgan fingerprint density at radius 3 is 2.85 bits per heavy atom. The van der Waals surface area contributed by atoms with Crippen LogP contribution in [0, 0.1) is 11.8 Å². The number of rotatable bonds is 5. The summed E-state index contributed by atoms with van der Waals surface area (Å²) >= 11 is 0. The predicted molar refractivity (Wildman–Crippen MR) is 84.3 cm³/mol. The second-order valence-electron chi connectivity index (χ2n) is 6.62. The molecule has 2 rings (SSSR count). The van der Waals surface area contributed by atoms with Gasteiger partial charge in [0.1, 0.15) is 0 Å². The first kappa shape index (κ1) is 15.5. The standard InChI is InChI=1S/C17H29N3/c1-14(2)16-8-4-5-9-17(16,13-18)20(3)12-15-7-6-10-19-11-15/h6-7,10-11,14,16H,4-5,8-9,12-13,18H2,1-3H3. The minimum absolute atomic E-state index is 0.155. The van der Waals surface area contributed by atoms with Gasteiger partial charge in [0.25, 0.3) is 0 Å². The highest BCUT2D eigenvalue weighted by atomic mass is 15.2. The Labute approximate surface area is 123 Å². The molecule has 20 heavy (non-hydrogen) atoms. The van der Waals surface area contributed by atoms with Crippen LogP contribution in [0.15, 0.2) is 24.5 Å². The molecule has 0 spiro atoms. The third kappa shape index (κ3) is 3.04. The molecule has 2 unspecified atom stereocenters. The lowest BCUT2D eigenvalue weighted by Gasteiger charge is -2.51. The van der Waals surface area contributed by atoms with Gasteiger partial charge in [0.2, 0.25) is 0 Å². The van der Waals surface area contributed by atoms with Gasteiger partial charge in [-0.25, -0.2) is 0 Å². The van der Waals surface area contributed by atoms with Crippen LogP contribution in [0.5, 0.6) is 0 Å². The number of pyridine rings is 1. The maximum atomic E-state index is 6.26. The first-order chi connectivity index (χ1) is 9.60. The van der Waals surface area contributed by atoms with Gasteiger partial charge in [0.05, 0.1) is 0 Å². The van der Waals surface area contributed by atoms with Gasteiger partial charge in [-0.3, -0.25) is 9.88 Å². The number of nitrogens with zero attached hydrogens (tertiary/aromatic N) is 2. The minimum Gasteiger partial charge on any atom is -0.329 e. The number of hydrogen-bond donors (Lipinski definition) is 1. The zero-order chi connectivity index (χ0) is 14.6. The van der Waals surface area contributed by atoms with Crippen LogP contribution in [0.3, 0.4) is 0 Å². The van der Waals surface area contributed by atoms with Gasteiger partial charge in [0, 0.05) is 31.0 Å². The molecule has 1 heterocycles. The van der Waals surface area contributed by atoms with E-state index in [-0.39, 0.29) is 5.54 Å². The summed E-state index contributed by atoms with van der Waals surface area (Å²) in [6, 6.07) is 4.17. The molecule has 1 aliphatic carbocycles. The Kier molecular flexibility index (Phi) is 5.17. The molecule has 0 saturated heterocycles. The summed E-state index contributed by atoms with van der Waals surface area (Å²) < 4.78 is 0. The molecule has 1 aliphatic rings. The second kappa shape index (κ2) is 6.68. The Bertz CT molecular complexity index is 404. The SMILES string of the molecule is CC(C)C1CCCCC1(CN)N(C)Cc1cccnc1. The first-order valence-electron chi connectivity index (χ1n) is 7.90. The van der Waals surface area contributed by atoms with Crippen LogP contribution in [-0.2, 0) is 6.54 Å². The highest BCUT2D eigenvalue weighted by Gasteiger charge is 2.43. The summed E-state index contributed by atoms with van der Waals surface area (Å²) in [7, 11) is 2.24. The third-order valence-electron chi connectivity index (χ3n) is 5.13. The lowest BCUT2D eigenvalue weighted by Crippen LogP contribution is -2.59. The lowest BCUT2D eigenvalue weighted by molar-refractivity contribution is -0.00188. The quantitative estimate of drug-likeness (QED) is 0.898. The molecule has 1 fully saturated rings. The van der Waals surface area contributed by atoms with Crippen molar-refractivity contribution >= 4 is 0 Å². The maximum Gasteiger partial charge on any atom is 0.0362 e. The molecule has 112 valence electrons. The molecule has 1 saturated carbocycles. The molecule has 0 aliphatic heterocycles. The van der Waals surface area contributed by atoms with E-state index in [2.05, 4.69) is 36.8 Å². The summed E-state index contributed by atoms with van der Waals surface area (Å²) in [4.78, 5) is 6.72. The highest BCUT2D eigenvalue weighted by Crippen LogP contribution is 2.41. The Morgan fingerprint density at radius 2 is 2.25 bits per heavy atom. The van der Waals surface area contributed by atoms with Crippen molar-refractivity contribution < 1.29 is 0 Å². The summed E-state index contributed by atoms with van der Waals surface area (Å²) in [5.41, 5.74) is 7.69. The van der Waals surface area contributed by atoms with E-state index in [0.29, 0.717) is 11.8 Å². The predicted octanol–water partition coefficient (Wildman–Crippen LogP) is 3.06. The van der Waals surface area contributed by atoms with Gasteiger partial charge in [-0.2, -0.15) is 0 Å². The van der Waals surface area contributed by atoms with Crippen LogP contribution < -0.4 is 5.73 Å². The van der Waals surface area contributed by atoms with Crippen molar-refractivity contribution in [2.45, 2.75) is 51.6 Å². The van der Waals surface area contributed by atoms with Crippen LogP contribution in [0.25, 0.3) is 0 Å². The molecule has 1 aromatic rings. The van der Waals surface area contributed by atoms with Crippen molar-refractivity contribution in [3.05, 3.63) is 30.1 Å². The maximum absolute atomic E-state index is 6.26. The van der Waals surface area contributed by atoms with E-state index in [1.165, 1.54) is 31.2 Å². The zero-order valence-corrected chi connectivity index (χ0v) is 13.2. The summed E-state index contributed by atoms with van der Waals surface area (Å²) in [6.45, 7) is 6.39. The monoisotopic (exact) mass is 275 g/mol. The Hall–Kier alpha value is -0.930. The van der Waals surface area contributed by atoms with E-state index in [1.807, 2.05) is 18.5 Å². The second-order valence-corrected chi connectivity index (χ2v) is 6.62. The average Bonchev–Trinajstić information content (AvgIpc) is 2.47. The fraction of sp³-hybridized carbons (Fsp3) is 0.706. The van der Waals surface area contributed by atoms with Crippen molar-refractivity contribution in [1.82, 2.24) is 9.88 Å². The minimum atomic E-state index is 0.155. The largest absolute Gasteiger partial charge is 0.329 e. The molecule has 1 aromatic heterocycles. The van der Waals surface area contributed by atoms with E-state index in [9.17, 15) is 0 Å². The molecule has 0 aromatic carbocycles. The fourth-order valence-electron chi connectivity index (χ4n) is 4.01. The smallest absolute Gasteiger partial charge is 0.0362 e. The molecular weight excluding hydrogens is 246 g/mol. The molecule has 0 bridgehead atoms. The van der Waals surface area contributed by atoms with E-state index < -0.39 is 0 Å². The zero-order valence-electron chi connectivity index (χ0n) is 13.2. The van der Waals surface area contributed by atoms with Gasteiger partial charge < -0.3 is 5.73 Å². The van der Waals surface area contributed by atoms with Crippen LogP contribution in [0.2, 0.25) is 0 Å². The average molecular weight is 275 g/mol. The number of aromatic nitrogens is 1. The molecule has 0 radical (unpaired) electrons. The lowest BCUT2D eigenvalue weighted by atomic mass is 9.67. The first-order valence-corrected chi connectivity index (χ1v) is 7.90. The summed E-state index contributed by atoms with van der Waals surface area (Å²) in [6.07, 6.45) is 8.99. The van der Waals surface area contributed by atoms with Gasteiger partial charge in [-0.05, 0) is 43.4 Å². The summed E-state index contributed by atoms with van der Waals surface area (Å²) in [5.74, 6) is 1.39. The van der Waals surface area contributed by atoms with Crippen LogP contribution >= 0.6 is 0 Å². The van der Waals surface area contributed by atoms with Crippen molar-refractivity contribution in [2.24, 2.45) is 17.6 Å². The number of hydrogen-bond acceptors (Lipinski definition) is 3. The molecular formula is C17H29N3. The van der Waals surface area contributed by atoms with Crippen LogP contribution in [0.1, 0.15) is 45.1 Å². The molecule has 3 heteroatoms. The number of nitrogens with two attached hydrogens (primary N) is 1. The summed E-state index contributed by atoms with van der Waals surface area (Å²) in [5, 5.41) is 0. The fourth-order valence-corrected chi connectivity index (χ4v) is 4.01. The van der Waals surface area contributed by atoms with Crippen molar-refractivity contribution in [1.29, 1.82) is 0 Å². The molecule has 3 nitrogen and oxygen atoms in total. The molecule has 2 atom stereocenters. The van der Waals surface area contributed by atoms with Gasteiger partial charge >= 0.3 is 0 Å². The van der Waals surface area contributed by atoms with E-state index >= 15 is 0 Å². The highest BCUT2D eigenvalue weighted by molar-refractivity contribution is 5.10. The van der Waals surface area contributed by atoms with E-state index in [1.54, 1.807) is 0 Å². The van der Waals surface area contributed by atoms with E-state index in [0.717, 1.165) is 13.1 Å². The van der Waals surface area contributed by atoms with Gasteiger partial charge in [0.15, 0.2) is 0 Å². The third-order valence-corrected chi connectivity index (χ3v) is 5.13. The Morgan fingerprint density at radius 1 is 1.45 bits per heavy atom. The molecule has 2 N–H and O–H groups in total. The Balaban J connectivity index is 2.19. The number of likely N-dealkylation sites (N-methyl/N-ethyl adjacent to an activating group) is 1. The van der Waals surface area contributed by atoms with Crippen molar-refractivity contribution in [3.8, 4) is 0 Å². The van der Waals surface area contributed by atoms with E-state index in [4.69, 9.17) is 5.73 Å². The van der Waals surface area contributed by atoms with Gasteiger partial charge in [-0.1, -0.05) is 32.8 Å². The topological polar surface area (TPSA) is 42.1 Å². The van der Waals surface area contributed by atoms with Crippen LogP contribution in [-0.4, -0.2) is 29.0 Å².